The molecule has 0 aliphatic carbocycles. The van der Waals surface area contributed by atoms with E-state index in [0.29, 0.717) is 12.8 Å². The van der Waals surface area contributed by atoms with Gasteiger partial charge in [0, 0.05) is 6.42 Å². The van der Waals surface area contributed by atoms with Crippen LogP contribution < -0.4 is 11.1 Å². The maximum absolute atomic E-state index is 13.3. The lowest BCUT2D eigenvalue weighted by molar-refractivity contribution is -0.310. The summed E-state index contributed by atoms with van der Waals surface area (Å²) in [7, 11) is 0. The quantitative estimate of drug-likeness (QED) is 0.156. The summed E-state index contributed by atoms with van der Waals surface area (Å²) in [6.07, 6.45) is -3.83. The maximum atomic E-state index is 13.3. The first-order valence-corrected chi connectivity index (χ1v) is 11.6. The zero-order valence-electron chi connectivity index (χ0n) is 20.8. The standard InChI is InChI=1S/C26H37N3O6/c1-19(31)26(27,17-21-13-9-6-10-14-21)29(24(33)34-35-25(2,3)4)23(28-18-30)22(32)16-15-20-11-7-5-8-12-20/h5-14,18-19,22-23,31-32H,15-17,27H2,1-4H3,(H,28,30). The summed E-state index contributed by atoms with van der Waals surface area (Å²) >= 11 is 0. The Morgan fingerprint density at radius 3 is 2.09 bits per heavy atom. The van der Waals surface area contributed by atoms with Crippen molar-refractivity contribution in [2.24, 2.45) is 5.73 Å². The van der Waals surface area contributed by atoms with Gasteiger partial charge in [0.25, 0.3) is 0 Å². The van der Waals surface area contributed by atoms with Gasteiger partial charge in [0.1, 0.15) is 17.4 Å². The summed E-state index contributed by atoms with van der Waals surface area (Å²) in [5, 5.41) is 24.4. The average Bonchev–Trinajstić information content (AvgIpc) is 2.81. The zero-order valence-corrected chi connectivity index (χ0v) is 20.8. The van der Waals surface area contributed by atoms with Crippen molar-refractivity contribution in [3.63, 3.8) is 0 Å². The lowest BCUT2D eigenvalue weighted by Gasteiger charge is -2.47. The van der Waals surface area contributed by atoms with Gasteiger partial charge in [0.05, 0.1) is 12.2 Å². The highest BCUT2D eigenvalue weighted by Gasteiger charge is 2.48. The van der Waals surface area contributed by atoms with E-state index in [4.69, 9.17) is 15.5 Å². The first kappa shape index (κ1) is 28.3. The van der Waals surface area contributed by atoms with Crippen molar-refractivity contribution in [1.82, 2.24) is 10.2 Å². The van der Waals surface area contributed by atoms with Gasteiger partial charge in [0.15, 0.2) is 0 Å². The lowest BCUT2D eigenvalue weighted by Crippen LogP contribution is -2.72. The van der Waals surface area contributed by atoms with E-state index >= 15 is 0 Å². The molecule has 2 aromatic rings. The predicted molar refractivity (Wildman–Crippen MR) is 132 cm³/mol. The number of benzene rings is 2. The number of carbonyl (C=O) groups excluding carboxylic acids is 2. The number of carbonyl (C=O) groups is 2. The monoisotopic (exact) mass is 487 g/mol. The number of hydrogen-bond donors (Lipinski definition) is 4. The van der Waals surface area contributed by atoms with Crippen LogP contribution in [0.4, 0.5) is 4.79 Å². The van der Waals surface area contributed by atoms with Crippen LogP contribution in [0.15, 0.2) is 60.7 Å². The highest BCUT2D eigenvalue weighted by molar-refractivity contribution is 5.69. The molecule has 2 aromatic carbocycles. The summed E-state index contributed by atoms with van der Waals surface area (Å²) in [4.78, 5) is 36.1. The molecule has 0 saturated heterocycles. The fourth-order valence-corrected chi connectivity index (χ4v) is 3.64. The molecule has 0 aliphatic rings. The van der Waals surface area contributed by atoms with Crippen LogP contribution in [-0.4, -0.2) is 57.3 Å². The number of aryl methyl sites for hydroxylation is 1. The molecule has 9 nitrogen and oxygen atoms in total. The number of nitrogens with zero attached hydrogens (tertiary/aromatic N) is 1. The second-order valence-corrected chi connectivity index (χ2v) is 9.57. The fourth-order valence-electron chi connectivity index (χ4n) is 3.64. The molecule has 0 fully saturated rings. The van der Waals surface area contributed by atoms with E-state index < -0.39 is 35.7 Å². The van der Waals surface area contributed by atoms with Crippen molar-refractivity contribution in [3.8, 4) is 0 Å². The number of nitrogens with one attached hydrogen (secondary N) is 1. The number of rotatable bonds is 12. The topological polar surface area (TPSA) is 134 Å². The minimum Gasteiger partial charge on any atom is -0.390 e. The van der Waals surface area contributed by atoms with Crippen LogP contribution in [0.5, 0.6) is 0 Å². The van der Waals surface area contributed by atoms with Gasteiger partial charge in [-0.2, -0.15) is 4.89 Å². The van der Waals surface area contributed by atoms with Crippen LogP contribution in [0.2, 0.25) is 0 Å². The Bertz CT molecular complexity index is 920. The van der Waals surface area contributed by atoms with Gasteiger partial charge in [-0.1, -0.05) is 60.7 Å². The molecule has 4 unspecified atom stereocenters. The van der Waals surface area contributed by atoms with Crippen LogP contribution in [0.25, 0.3) is 0 Å². The molecule has 0 saturated carbocycles. The molecule has 2 amide bonds. The van der Waals surface area contributed by atoms with Crippen molar-refractivity contribution in [3.05, 3.63) is 71.8 Å². The van der Waals surface area contributed by atoms with E-state index in [2.05, 4.69) is 5.32 Å². The summed E-state index contributed by atoms with van der Waals surface area (Å²) in [6.45, 7) is 6.50. The number of nitrogens with two attached hydrogens (primary N) is 1. The summed E-state index contributed by atoms with van der Waals surface area (Å²) in [5.74, 6) is 0. The van der Waals surface area contributed by atoms with E-state index in [-0.39, 0.29) is 12.8 Å². The Kier molecular flexibility index (Phi) is 10.2. The second-order valence-electron chi connectivity index (χ2n) is 9.57. The SMILES string of the molecule is CC(O)C(N)(Cc1ccccc1)N(C(=O)OOC(C)(C)C)C(NC=O)C(O)CCc1ccccc1. The van der Waals surface area contributed by atoms with Crippen molar-refractivity contribution in [2.75, 3.05) is 0 Å². The van der Waals surface area contributed by atoms with Crippen molar-refractivity contribution < 1.29 is 29.6 Å². The molecule has 0 radical (unpaired) electrons. The largest absolute Gasteiger partial charge is 0.444 e. The Labute approximate surface area is 206 Å². The van der Waals surface area contributed by atoms with Crippen molar-refractivity contribution in [1.29, 1.82) is 0 Å². The van der Waals surface area contributed by atoms with Gasteiger partial charge >= 0.3 is 6.09 Å². The Balaban J connectivity index is 2.44. The van der Waals surface area contributed by atoms with Gasteiger partial charge in [0.2, 0.25) is 6.41 Å². The number of hydrogen-bond acceptors (Lipinski definition) is 7. The van der Waals surface area contributed by atoms with Crippen LogP contribution in [-0.2, 0) is 27.4 Å². The molecule has 4 atom stereocenters. The van der Waals surface area contributed by atoms with Gasteiger partial charge in [-0.25, -0.2) is 4.79 Å². The molecule has 9 heteroatoms. The van der Waals surface area contributed by atoms with Gasteiger partial charge in [-0.3, -0.25) is 14.6 Å². The van der Waals surface area contributed by atoms with E-state index in [0.717, 1.165) is 16.0 Å². The Morgan fingerprint density at radius 1 is 1.06 bits per heavy atom. The number of aliphatic hydroxyl groups is 2. The molecule has 192 valence electrons. The van der Waals surface area contributed by atoms with Crippen LogP contribution in [0, 0.1) is 0 Å². The lowest BCUT2D eigenvalue weighted by atomic mass is 9.92. The van der Waals surface area contributed by atoms with Crippen molar-refractivity contribution >= 4 is 12.5 Å². The molecule has 0 aliphatic heterocycles. The highest BCUT2D eigenvalue weighted by atomic mass is 17.2. The maximum Gasteiger partial charge on any atom is 0.444 e. The smallest absolute Gasteiger partial charge is 0.390 e. The predicted octanol–water partition coefficient (Wildman–Crippen LogP) is 2.50. The minimum atomic E-state index is -1.77. The molecule has 0 heterocycles. The highest BCUT2D eigenvalue weighted by Crippen LogP contribution is 2.26. The van der Waals surface area contributed by atoms with Crippen LogP contribution in [0.1, 0.15) is 45.2 Å². The second kappa shape index (κ2) is 12.6. The summed E-state index contributed by atoms with van der Waals surface area (Å²) in [5.41, 5.74) is 5.79. The van der Waals surface area contributed by atoms with E-state index in [9.17, 15) is 19.8 Å². The van der Waals surface area contributed by atoms with E-state index in [1.54, 1.807) is 45.0 Å². The molecule has 0 spiro atoms. The summed E-state index contributed by atoms with van der Waals surface area (Å²) in [6, 6.07) is 18.5. The van der Waals surface area contributed by atoms with E-state index in [1.165, 1.54) is 6.92 Å². The van der Waals surface area contributed by atoms with Crippen LogP contribution in [0.3, 0.4) is 0 Å². The molecular formula is C26H37N3O6. The molecule has 5 N–H and O–H groups in total. The third-order valence-corrected chi connectivity index (χ3v) is 5.51. The molecule has 0 aromatic heterocycles. The van der Waals surface area contributed by atoms with E-state index in [1.807, 2.05) is 36.4 Å². The van der Waals surface area contributed by atoms with Crippen LogP contribution >= 0.6 is 0 Å². The molecule has 0 bridgehead atoms. The minimum absolute atomic E-state index is 0.0125. The third-order valence-electron chi connectivity index (χ3n) is 5.51. The Morgan fingerprint density at radius 2 is 1.60 bits per heavy atom. The number of amides is 2. The van der Waals surface area contributed by atoms with Gasteiger partial charge < -0.3 is 21.3 Å². The zero-order chi connectivity index (χ0) is 26.1. The molecule has 35 heavy (non-hydrogen) atoms. The normalized spacial score (nSPS) is 15.9. The Hall–Kier alpha value is -2.98. The fraction of sp³-hybridized carbons (Fsp3) is 0.462. The first-order valence-electron chi connectivity index (χ1n) is 11.6. The number of aliphatic hydroxyl groups excluding tert-OH is 2. The molecule has 2 rings (SSSR count). The molecular weight excluding hydrogens is 450 g/mol. The van der Waals surface area contributed by atoms with Gasteiger partial charge in [-0.05, 0) is 51.7 Å². The van der Waals surface area contributed by atoms with Gasteiger partial charge in [-0.15, -0.1) is 0 Å². The first-order chi connectivity index (χ1) is 16.5. The van der Waals surface area contributed by atoms with Crippen molar-refractivity contribution in [2.45, 2.75) is 76.6 Å². The average molecular weight is 488 g/mol. The summed E-state index contributed by atoms with van der Waals surface area (Å²) < 4.78 is 0. The third kappa shape index (κ3) is 8.32.